The molecule has 0 atom stereocenters. The minimum Gasteiger partial charge on any atom is -0.497 e. The molecular formula is C20H24N2O3S. The second-order valence-corrected chi connectivity index (χ2v) is 8.61. The van der Waals surface area contributed by atoms with Crippen molar-refractivity contribution in [2.45, 2.75) is 17.1 Å². The van der Waals surface area contributed by atoms with E-state index in [1.54, 1.807) is 31.4 Å². The third-order valence-corrected chi connectivity index (χ3v) is 6.12. The lowest BCUT2D eigenvalue weighted by Crippen LogP contribution is -2.16. The second kappa shape index (κ2) is 7.51. The number of para-hydroxylation sites is 1. The molecule has 6 heteroatoms. The molecule has 138 valence electrons. The van der Waals surface area contributed by atoms with E-state index in [1.165, 1.54) is 0 Å². The Bertz CT molecular complexity index is 990. The predicted octanol–water partition coefficient (Wildman–Crippen LogP) is 3.25. The first-order valence-electron chi connectivity index (χ1n) is 8.50. The standard InChI is InChI=1S/C20H24N2O3S/c1-22(2)13-12-18-17-6-4-5-7-19(17)21-20(18)14-26(23,24)16-10-8-15(25-3)9-11-16/h4-11,21H,12-14H2,1-3H3. The second-order valence-electron chi connectivity index (χ2n) is 6.62. The Morgan fingerprint density at radius 3 is 2.38 bits per heavy atom. The van der Waals surface area contributed by atoms with Gasteiger partial charge in [-0.3, -0.25) is 0 Å². The Balaban J connectivity index is 1.97. The van der Waals surface area contributed by atoms with Gasteiger partial charge in [0.15, 0.2) is 9.84 Å². The van der Waals surface area contributed by atoms with Crippen molar-refractivity contribution in [2.24, 2.45) is 0 Å². The summed E-state index contributed by atoms with van der Waals surface area (Å²) in [5.41, 5.74) is 2.82. The summed E-state index contributed by atoms with van der Waals surface area (Å²) in [4.78, 5) is 5.72. The van der Waals surface area contributed by atoms with Crippen molar-refractivity contribution in [1.29, 1.82) is 0 Å². The van der Waals surface area contributed by atoms with Gasteiger partial charge in [0.25, 0.3) is 0 Å². The van der Waals surface area contributed by atoms with Crippen LogP contribution in [-0.4, -0.2) is 46.1 Å². The first-order valence-corrected chi connectivity index (χ1v) is 10.2. The largest absolute Gasteiger partial charge is 0.497 e. The third kappa shape index (κ3) is 3.92. The number of likely N-dealkylation sites (N-methyl/N-ethyl adjacent to an activating group) is 1. The number of ether oxygens (including phenoxy) is 1. The molecule has 0 amide bonds. The number of nitrogens with zero attached hydrogens (tertiary/aromatic N) is 1. The summed E-state index contributed by atoms with van der Waals surface area (Å²) >= 11 is 0. The molecule has 0 spiro atoms. The van der Waals surface area contributed by atoms with Gasteiger partial charge in [-0.25, -0.2) is 8.42 Å². The number of nitrogens with one attached hydrogen (secondary N) is 1. The highest BCUT2D eigenvalue weighted by atomic mass is 32.2. The Kier molecular flexibility index (Phi) is 5.34. The topological polar surface area (TPSA) is 62.4 Å². The van der Waals surface area contributed by atoms with E-state index >= 15 is 0 Å². The van der Waals surface area contributed by atoms with Crippen molar-refractivity contribution in [3.63, 3.8) is 0 Å². The number of aromatic nitrogens is 1. The number of methoxy groups -OCH3 is 1. The van der Waals surface area contributed by atoms with Crippen LogP contribution in [0.15, 0.2) is 53.4 Å². The highest BCUT2D eigenvalue weighted by molar-refractivity contribution is 7.90. The number of fused-ring (bicyclic) bond motifs is 1. The van der Waals surface area contributed by atoms with Crippen LogP contribution in [0.1, 0.15) is 11.3 Å². The van der Waals surface area contributed by atoms with Gasteiger partial charge < -0.3 is 14.6 Å². The van der Waals surface area contributed by atoms with Crippen LogP contribution in [0.5, 0.6) is 5.75 Å². The summed E-state index contributed by atoms with van der Waals surface area (Å²) in [6, 6.07) is 14.5. The minimum absolute atomic E-state index is 0.0449. The molecule has 2 aromatic carbocycles. The molecule has 0 bridgehead atoms. The van der Waals surface area contributed by atoms with Crippen LogP contribution in [0.25, 0.3) is 10.9 Å². The zero-order valence-electron chi connectivity index (χ0n) is 15.3. The first-order chi connectivity index (χ1) is 12.4. The fourth-order valence-electron chi connectivity index (χ4n) is 3.06. The average Bonchev–Trinajstić information content (AvgIpc) is 2.96. The molecule has 0 aliphatic rings. The number of rotatable bonds is 7. The fraction of sp³-hybridized carbons (Fsp3) is 0.300. The van der Waals surface area contributed by atoms with E-state index in [1.807, 2.05) is 38.4 Å². The van der Waals surface area contributed by atoms with Crippen molar-refractivity contribution in [2.75, 3.05) is 27.7 Å². The quantitative estimate of drug-likeness (QED) is 0.691. The molecule has 0 saturated heterocycles. The molecule has 1 heterocycles. The van der Waals surface area contributed by atoms with E-state index in [2.05, 4.69) is 9.88 Å². The molecule has 5 nitrogen and oxygen atoms in total. The number of hydrogen-bond acceptors (Lipinski definition) is 4. The lowest BCUT2D eigenvalue weighted by atomic mass is 10.1. The highest BCUT2D eigenvalue weighted by Crippen LogP contribution is 2.27. The number of benzene rings is 2. The molecule has 26 heavy (non-hydrogen) atoms. The van der Waals surface area contributed by atoms with E-state index in [0.717, 1.165) is 35.1 Å². The monoisotopic (exact) mass is 372 g/mol. The van der Waals surface area contributed by atoms with Gasteiger partial charge in [-0.1, -0.05) is 18.2 Å². The van der Waals surface area contributed by atoms with Gasteiger partial charge in [-0.05, 0) is 56.4 Å². The maximum absolute atomic E-state index is 12.9. The molecule has 0 saturated carbocycles. The maximum atomic E-state index is 12.9. The van der Waals surface area contributed by atoms with E-state index in [0.29, 0.717) is 10.6 Å². The van der Waals surface area contributed by atoms with Crippen molar-refractivity contribution < 1.29 is 13.2 Å². The van der Waals surface area contributed by atoms with Gasteiger partial charge in [0, 0.05) is 23.1 Å². The minimum atomic E-state index is -3.45. The summed E-state index contributed by atoms with van der Waals surface area (Å²) in [6.45, 7) is 0.859. The van der Waals surface area contributed by atoms with E-state index in [9.17, 15) is 8.42 Å². The van der Waals surface area contributed by atoms with Crippen molar-refractivity contribution >= 4 is 20.7 Å². The summed E-state index contributed by atoms with van der Waals surface area (Å²) in [7, 11) is 2.15. The Morgan fingerprint density at radius 1 is 1.04 bits per heavy atom. The van der Waals surface area contributed by atoms with Crippen LogP contribution in [0, 0.1) is 0 Å². The summed E-state index contributed by atoms with van der Waals surface area (Å²) in [5.74, 6) is 0.595. The van der Waals surface area contributed by atoms with E-state index in [4.69, 9.17) is 4.74 Å². The lowest BCUT2D eigenvalue weighted by molar-refractivity contribution is 0.414. The fourth-order valence-corrected chi connectivity index (χ4v) is 4.40. The van der Waals surface area contributed by atoms with Gasteiger partial charge >= 0.3 is 0 Å². The van der Waals surface area contributed by atoms with Gasteiger partial charge in [-0.15, -0.1) is 0 Å². The normalized spacial score (nSPS) is 12.0. The van der Waals surface area contributed by atoms with Crippen LogP contribution >= 0.6 is 0 Å². The van der Waals surface area contributed by atoms with Crippen molar-refractivity contribution in [3.8, 4) is 5.75 Å². The number of hydrogen-bond donors (Lipinski definition) is 1. The smallest absolute Gasteiger partial charge is 0.183 e. The zero-order valence-corrected chi connectivity index (χ0v) is 16.1. The molecule has 1 aromatic heterocycles. The molecule has 0 radical (unpaired) electrons. The SMILES string of the molecule is COc1ccc(S(=O)(=O)Cc2[nH]c3ccccc3c2CCN(C)C)cc1. The zero-order chi connectivity index (χ0) is 18.7. The number of H-pyrrole nitrogens is 1. The third-order valence-electron chi connectivity index (χ3n) is 4.46. The van der Waals surface area contributed by atoms with E-state index < -0.39 is 9.84 Å². The van der Waals surface area contributed by atoms with Crippen LogP contribution in [0.2, 0.25) is 0 Å². The van der Waals surface area contributed by atoms with E-state index in [-0.39, 0.29) is 5.75 Å². The molecule has 3 aromatic rings. The summed E-state index contributed by atoms with van der Waals surface area (Å²) in [5, 5.41) is 1.09. The predicted molar refractivity (Wildman–Crippen MR) is 104 cm³/mol. The van der Waals surface area contributed by atoms with Crippen LogP contribution in [0.4, 0.5) is 0 Å². The molecule has 0 aliphatic heterocycles. The van der Waals surface area contributed by atoms with Crippen molar-refractivity contribution in [3.05, 3.63) is 59.8 Å². The molecule has 0 unspecified atom stereocenters. The first kappa shape index (κ1) is 18.5. The Hall–Kier alpha value is -2.31. The summed E-state index contributed by atoms with van der Waals surface area (Å²) in [6.07, 6.45) is 0.796. The van der Waals surface area contributed by atoms with Gasteiger partial charge in [-0.2, -0.15) is 0 Å². The number of sulfone groups is 1. The molecule has 0 fully saturated rings. The van der Waals surface area contributed by atoms with Gasteiger partial charge in [0.1, 0.15) is 5.75 Å². The van der Waals surface area contributed by atoms with Gasteiger partial charge in [0.2, 0.25) is 0 Å². The maximum Gasteiger partial charge on any atom is 0.183 e. The van der Waals surface area contributed by atoms with Crippen molar-refractivity contribution in [1.82, 2.24) is 9.88 Å². The lowest BCUT2D eigenvalue weighted by Gasteiger charge is -2.11. The Morgan fingerprint density at radius 2 is 1.73 bits per heavy atom. The van der Waals surface area contributed by atoms with Crippen LogP contribution < -0.4 is 4.74 Å². The number of aromatic amines is 1. The molecule has 1 N–H and O–H groups in total. The molecule has 0 aliphatic carbocycles. The Labute approximate surface area is 154 Å². The highest BCUT2D eigenvalue weighted by Gasteiger charge is 2.20. The average molecular weight is 372 g/mol. The van der Waals surface area contributed by atoms with Gasteiger partial charge in [0.05, 0.1) is 17.8 Å². The molecule has 3 rings (SSSR count). The summed E-state index contributed by atoms with van der Waals surface area (Å²) < 4.78 is 30.9. The van der Waals surface area contributed by atoms with Crippen LogP contribution in [0.3, 0.4) is 0 Å². The molecular weight excluding hydrogens is 348 g/mol. The van der Waals surface area contributed by atoms with Crippen LogP contribution in [-0.2, 0) is 22.0 Å².